The minimum Gasteiger partial charge on any atom is -0.309 e. The van der Waals surface area contributed by atoms with E-state index in [1.54, 1.807) is 0 Å². The van der Waals surface area contributed by atoms with Crippen LogP contribution < -0.4 is 5.32 Å². The second-order valence-electron chi connectivity index (χ2n) is 5.67. The van der Waals surface area contributed by atoms with Crippen LogP contribution in [0, 0.1) is 0 Å². The highest BCUT2D eigenvalue weighted by Crippen LogP contribution is 2.23. The first-order chi connectivity index (χ1) is 9.02. The fraction of sp³-hybridized carbons (Fsp3) is 0.412. The van der Waals surface area contributed by atoms with Crippen LogP contribution in [-0.2, 0) is 0 Å². The normalized spacial score (nSPS) is 13.7. The molecule has 102 valence electrons. The summed E-state index contributed by atoms with van der Waals surface area (Å²) in [6.45, 7) is 7.80. The number of hydrogen-bond donors (Lipinski definition) is 1. The zero-order chi connectivity index (χ0) is 13.9. The minimum absolute atomic E-state index is 0.283. The third kappa shape index (κ3) is 3.74. The summed E-state index contributed by atoms with van der Waals surface area (Å²) in [5, 5.41) is 6.26. The van der Waals surface area contributed by atoms with Crippen LogP contribution in [0.25, 0.3) is 10.8 Å². The molecule has 1 unspecified atom stereocenters. The summed E-state index contributed by atoms with van der Waals surface area (Å²) in [4.78, 5) is 0. The monoisotopic (exact) mass is 273 g/mol. The van der Waals surface area contributed by atoms with Gasteiger partial charge in [0, 0.05) is 17.3 Å². The lowest BCUT2D eigenvalue weighted by molar-refractivity contribution is 0.523. The highest BCUT2D eigenvalue weighted by Gasteiger charge is 2.17. The smallest absolute Gasteiger partial charge is 0.0292 e. The van der Waals surface area contributed by atoms with Gasteiger partial charge < -0.3 is 5.32 Å². The molecule has 0 amide bonds. The number of hydrogen-bond acceptors (Lipinski definition) is 2. The van der Waals surface area contributed by atoms with Crippen molar-refractivity contribution in [2.45, 2.75) is 31.6 Å². The van der Waals surface area contributed by atoms with Gasteiger partial charge in [-0.25, -0.2) is 0 Å². The maximum absolute atomic E-state index is 3.63. The molecule has 0 bridgehead atoms. The summed E-state index contributed by atoms with van der Waals surface area (Å²) in [6.07, 6.45) is 2.17. The first-order valence-electron chi connectivity index (χ1n) is 6.79. The Balaban J connectivity index is 2.11. The molecular weight excluding hydrogens is 250 g/mol. The second-order valence-corrected chi connectivity index (χ2v) is 7.19. The van der Waals surface area contributed by atoms with Crippen LogP contribution in [0.2, 0.25) is 0 Å². The zero-order valence-electron chi connectivity index (χ0n) is 12.2. The van der Waals surface area contributed by atoms with Gasteiger partial charge in [-0.2, -0.15) is 11.8 Å². The Morgan fingerprint density at radius 3 is 2.47 bits per heavy atom. The minimum atomic E-state index is 0.283. The van der Waals surface area contributed by atoms with E-state index >= 15 is 0 Å². The molecule has 0 heterocycles. The fourth-order valence-corrected chi connectivity index (χ4v) is 2.29. The van der Waals surface area contributed by atoms with E-state index in [-0.39, 0.29) is 4.75 Å². The molecular formula is C17H23NS. The quantitative estimate of drug-likeness (QED) is 0.852. The molecule has 0 aliphatic rings. The van der Waals surface area contributed by atoms with E-state index in [2.05, 4.69) is 74.8 Å². The van der Waals surface area contributed by atoms with Crippen LogP contribution in [-0.4, -0.2) is 17.5 Å². The van der Waals surface area contributed by atoms with Crippen molar-refractivity contribution in [2.24, 2.45) is 0 Å². The number of rotatable bonds is 5. The van der Waals surface area contributed by atoms with Crippen molar-refractivity contribution < 1.29 is 0 Å². The van der Waals surface area contributed by atoms with Crippen molar-refractivity contribution in [2.75, 3.05) is 12.8 Å². The van der Waals surface area contributed by atoms with Gasteiger partial charge >= 0.3 is 0 Å². The van der Waals surface area contributed by atoms with Gasteiger partial charge in [-0.1, -0.05) is 36.4 Å². The SMILES string of the molecule is CSC(C)(C)CNC(C)c1ccc2ccccc2c1. The average Bonchev–Trinajstić information content (AvgIpc) is 2.44. The Bertz CT molecular complexity index is 548. The Morgan fingerprint density at radius 2 is 1.79 bits per heavy atom. The van der Waals surface area contributed by atoms with Crippen molar-refractivity contribution in [3.63, 3.8) is 0 Å². The standard InChI is InChI=1S/C17H23NS/c1-13(18-12-17(2,3)19-4)15-10-9-14-7-5-6-8-16(14)11-15/h5-11,13,18H,12H2,1-4H3. The van der Waals surface area contributed by atoms with Gasteiger partial charge in [-0.05, 0) is 49.4 Å². The Morgan fingerprint density at radius 1 is 1.11 bits per heavy atom. The van der Waals surface area contributed by atoms with Gasteiger partial charge in [0.05, 0.1) is 0 Å². The molecule has 0 aliphatic carbocycles. The molecule has 2 heteroatoms. The maximum Gasteiger partial charge on any atom is 0.0292 e. The van der Waals surface area contributed by atoms with Gasteiger partial charge in [0.1, 0.15) is 0 Å². The summed E-state index contributed by atoms with van der Waals surface area (Å²) >= 11 is 1.90. The summed E-state index contributed by atoms with van der Waals surface area (Å²) in [5.41, 5.74) is 1.36. The topological polar surface area (TPSA) is 12.0 Å². The lowest BCUT2D eigenvalue weighted by Gasteiger charge is -2.25. The highest BCUT2D eigenvalue weighted by atomic mass is 32.2. The predicted molar refractivity (Wildman–Crippen MR) is 88.0 cm³/mol. The van der Waals surface area contributed by atoms with Gasteiger partial charge in [-0.3, -0.25) is 0 Å². The Hall–Kier alpha value is -0.990. The number of nitrogens with one attached hydrogen (secondary N) is 1. The zero-order valence-corrected chi connectivity index (χ0v) is 13.1. The lowest BCUT2D eigenvalue weighted by atomic mass is 10.0. The maximum atomic E-state index is 3.63. The van der Waals surface area contributed by atoms with E-state index in [0.29, 0.717) is 6.04 Å². The molecule has 0 radical (unpaired) electrons. The lowest BCUT2D eigenvalue weighted by Crippen LogP contribution is -2.33. The largest absolute Gasteiger partial charge is 0.309 e. The van der Waals surface area contributed by atoms with Gasteiger partial charge in [-0.15, -0.1) is 0 Å². The molecule has 0 fully saturated rings. The molecule has 2 rings (SSSR count). The molecule has 2 aromatic carbocycles. The highest BCUT2D eigenvalue weighted by molar-refractivity contribution is 7.99. The van der Waals surface area contributed by atoms with E-state index in [1.165, 1.54) is 16.3 Å². The molecule has 0 saturated heterocycles. The first kappa shape index (κ1) is 14.4. The van der Waals surface area contributed by atoms with Crippen LogP contribution in [0.3, 0.4) is 0 Å². The Kier molecular flexibility index (Phi) is 4.54. The van der Waals surface area contributed by atoms with Crippen molar-refractivity contribution in [1.82, 2.24) is 5.32 Å². The molecule has 19 heavy (non-hydrogen) atoms. The average molecular weight is 273 g/mol. The third-order valence-electron chi connectivity index (χ3n) is 3.66. The van der Waals surface area contributed by atoms with Crippen molar-refractivity contribution in [1.29, 1.82) is 0 Å². The predicted octanol–water partition coefficient (Wildman–Crippen LogP) is 4.63. The van der Waals surface area contributed by atoms with Crippen LogP contribution >= 0.6 is 11.8 Å². The van der Waals surface area contributed by atoms with Crippen LogP contribution in [0.4, 0.5) is 0 Å². The molecule has 0 aromatic heterocycles. The van der Waals surface area contributed by atoms with Crippen LogP contribution in [0.1, 0.15) is 32.4 Å². The number of fused-ring (bicyclic) bond motifs is 1. The number of thioether (sulfide) groups is 1. The van der Waals surface area contributed by atoms with E-state index in [1.807, 2.05) is 11.8 Å². The van der Waals surface area contributed by atoms with Gasteiger partial charge in [0.2, 0.25) is 0 Å². The second kappa shape index (κ2) is 5.98. The van der Waals surface area contributed by atoms with Crippen molar-refractivity contribution >= 4 is 22.5 Å². The molecule has 1 atom stereocenters. The van der Waals surface area contributed by atoms with Crippen molar-refractivity contribution in [3.8, 4) is 0 Å². The molecule has 1 N–H and O–H groups in total. The summed E-state index contributed by atoms with van der Waals surface area (Å²) in [5.74, 6) is 0. The summed E-state index contributed by atoms with van der Waals surface area (Å²) < 4.78 is 0.283. The van der Waals surface area contributed by atoms with Crippen molar-refractivity contribution in [3.05, 3.63) is 48.0 Å². The summed E-state index contributed by atoms with van der Waals surface area (Å²) in [6, 6.07) is 15.6. The molecule has 0 aliphatic heterocycles. The van der Waals surface area contributed by atoms with E-state index < -0.39 is 0 Å². The van der Waals surface area contributed by atoms with E-state index in [0.717, 1.165) is 6.54 Å². The van der Waals surface area contributed by atoms with E-state index in [9.17, 15) is 0 Å². The van der Waals surface area contributed by atoms with Gasteiger partial charge in [0.25, 0.3) is 0 Å². The molecule has 0 saturated carbocycles. The van der Waals surface area contributed by atoms with Gasteiger partial charge in [0.15, 0.2) is 0 Å². The molecule has 1 nitrogen and oxygen atoms in total. The van der Waals surface area contributed by atoms with Crippen LogP contribution in [0.15, 0.2) is 42.5 Å². The summed E-state index contributed by atoms with van der Waals surface area (Å²) in [7, 11) is 0. The first-order valence-corrected chi connectivity index (χ1v) is 8.01. The van der Waals surface area contributed by atoms with Crippen LogP contribution in [0.5, 0.6) is 0 Å². The molecule has 2 aromatic rings. The molecule has 0 spiro atoms. The van der Waals surface area contributed by atoms with E-state index in [4.69, 9.17) is 0 Å². The number of benzene rings is 2. The fourth-order valence-electron chi connectivity index (χ4n) is 2.07. The Labute approximate surface area is 120 Å². The third-order valence-corrected chi connectivity index (χ3v) is 4.91.